The molecule has 0 bridgehead atoms. The lowest BCUT2D eigenvalue weighted by Gasteiger charge is -2.16. The first-order valence-corrected chi connectivity index (χ1v) is 6.69. The van der Waals surface area contributed by atoms with Crippen LogP contribution in [-0.2, 0) is 6.54 Å². The average Bonchev–Trinajstić information content (AvgIpc) is 2.70. The van der Waals surface area contributed by atoms with E-state index in [1.807, 2.05) is 0 Å². The van der Waals surface area contributed by atoms with Crippen molar-refractivity contribution in [2.45, 2.75) is 32.7 Å². The lowest BCUT2D eigenvalue weighted by molar-refractivity contribution is 0.390. The maximum atomic E-state index is 13.4. The fraction of sp³-hybridized carbons (Fsp3) is 0.571. The minimum Gasteiger partial charge on any atom is -0.312 e. The minimum atomic E-state index is -0.179. The summed E-state index contributed by atoms with van der Waals surface area (Å²) < 4.78 is 13.4. The standard InChI is InChI=1S/C14H19ClFN/c1-10-3-2-4-11(10)8-17-9-12-7-13(15)5-6-14(12)16/h5-7,10-11,17H,2-4,8-9H2,1H3. The molecule has 0 amide bonds. The molecule has 0 radical (unpaired) electrons. The molecule has 0 aromatic heterocycles. The summed E-state index contributed by atoms with van der Waals surface area (Å²) >= 11 is 5.85. The van der Waals surface area contributed by atoms with Crippen LogP contribution in [0.25, 0.3) is 0 Å². The van der Waals surface area contributed by atoms with E-state index in [0.29, 0.717) is 17.1 Å². The van der Waals surface area contributed by atoms with Gasteiger partial charge in [0.2, 0.25) is 0 Å². The van der Waals surface area contributed by atoms with Crippen molar-refractivity contribution in [2.75, 3.05) is 6.54 Å². The SMILES string of the molecule is CC1CCCC1CNCc1cc(Cl)ccc1F. The molecule has 1 N–H and O–H groups in total. The van der Waals surface area contributed by atoms with E-state index in [1.54, 1.807) is 12.1 Å². The van der Waals surface area contributed by atoms with Crippen LogP contribution in [0.1, 0.15) is 31.7 Å². The van der Waals surface area contributed by atoms with Gasteiger partial charge in [0.05, 0.1) is 0 Å². The van der Waals surface area contributed by atoms with Gasteiger partial charge in [0.1, 0.15) is 5.82 Å². The summed E-state index contributed by atoms with van der Waals surface area (Å²) in [6.45, 7) is 3.85. The van der Waals surface area contributed by atoms with Crippen LogP contribution in [0, 0.1) is 17.7 Å². The Hall–Kier alpha value is -0.600. The van der Waals surface area contributed by atoms with Crippen LogP contribution in [0.2, 0.25) is 5.02 Å². The van der Waals surface area contributed by atoms with Crippen LogP contribution in [0.5, 0.6) is 0 Å². The number of rotatable bonds is 4. The van der Waals surface area contributed by atoms with Crippen LogP contribution < -0.4 is 5.32 Å². The van der Waals surface area contributed by atoms with Crippen LogP contribution in [0.3, 0.4) is 0 Å². The van der Waals surface area contributed by atoms with Crippen molar-refractivity contribution in [1.29, 1.82) is 0 Å². The summed E-state index contributed by atoms with van der Waals surface area (Å²) in [6, 6.07) is 4.71. The second-order valence-corrected chi connectivity index (χ2v) is 5.47. The molecule has 1 aromatic carbocycles. The Labute approximate surface area is 107 Å². The molecule has 3 heteroatoms. The number of hydrogen-bond acceptors (Lipinski definition) is 1. The summed E-state index contributed by atoms with van der Waals surface area (Å²) in [5, 5.41) is 3.94. The third-order valence-corrected chi connectivity index (χ3v) is 4.00. The van der Waals surface area contributed by atoms with E-state index in [-0.39, 0.29) is 5.82 Å². The van der Waals surface area contributed by atoms with E-state index >= 15 is 0 Å². The molecule has 0 aliphatic heterocycles. The second-order valence-electron chi connectivity index (χ2n) is 5.03. The highest BCUT2D eigenvalue weighted by Gasteiger charge is 2.22. The van der Waals surface area contributed by atoms with Gasteiger partial charge in [-0.15, -0.1) is 0 Å². The van der Waals surface area contributed by atoms with Gasteiger partial charge >= 0.3 is 0 Å². The zero-order chi connectivity index (χ0) is 12.3. The fourth-order valence-corrected chi connectivity index (χ4v) is 2.79. The number of halogens is 2. The van der Waals surface area contributed by atoms with E-state index in [0.717, 1.165) is 18.4 Å². The van der Waals surface area contributed by atoms with Crippen LogP contribution in [-0.4, -0.2) is 6.54 Å². The first-order chi connectivity index (χ1) is 8.16. The van der Waals surface area contributed by atoms with Crippen molar-refractivity contribution in [3.8, 4) is 0 Å². The molecule has 94 valence electrons. The zero-order valence-electron chi connectivity index (χ0n) is 10.2. The zero-order valence-corrected chi connectivity index (χ0v) is 10.9. The first-order valence-electron chi connectivity index (χ1n) is 6.31. The van der Waals surface area contributed by atoms with Crippen LogP contribution in [0.4, 0.5) is 4.39 Å². The Morgan fingerprint density at radius 1 is 1.41 bits per heavy atom. The smallest absolute Gasteiger partial charge is 0.127 e. The molecule has 2 rings (SSSR count). The number of hydrogen-bond donors (Lipinski definition) is 1. The predicted octanol–water partition coefficient (Wildman–Crippen LogP) is 4.00. The van der Waals surface area contributed by atoms with E-state index in [1.165, 1.54) is 25.3 Å². The summed E-state index contributed by atoms with van der Waals surface area (Å²) in [7, 11) is 0. The Bertz CT molecular complexity index is 380. The van der Waals surface area contributed by atoms with Gasteiger partial charge in [0.25, 0.3) is 0 Å². The molecule has 1 aromatic rings. The summed E-state index contributed by atoms with van der Waals surface area (Å²) in [5.74, 6) is 1.37. The highest BCUT2D eigenvalue weighted by Crippen LogP contribution is 2.30. The fourth-order valence-electron chi connectivity index (χ4n) is 2.60. The third-order valence-electron chi connectivity index (χ3n) is 3.77. The summed E-state index contributed by atoms with van der Waals surface area (Å²) in [4.78, 5) is 0. The predicted molar refractivity (Wildman–Crippen MR) is 69.6 cm³/mol. The van der Waals surface area contributed by atoms with Gasteiger partial charge in [-0.1, -0.05) is 31.4 Å². The molecule has 0 saturated heterocycles. The lowest BCUT2D eigenvalue weighted by atomic mass is 9.98. The first kappa shape index (κ1) is 12.8. The van der Waals surface area contributed by atoms with Crippen LogP contribution >= 0.6 is 11.6 Å². The highest BCUT2D eigenvalue weighted by molar-refractivity contribution is 6.30. The molecule has 1 aliphatic rings. The van der Waals surface area contributed by atoms with E-state index in [9.17, 15) is 4.39 Å². The monoisotopic (exact) mass is 255 g/mol. The van der Waals surface area contributed by atoms with Gasteiger partial charge in [-0.3, -0.25) is 0 Å². The molecule has 1 saturated carbocycles. The normalized spacial score (nSPS) is 24.2. The van der Waals surface area contributed by atoms with E-state index < -0.39 is 0 Å². The van der Waals surface area contributed by atoms with Crippen molar-refractivity contribution in [1.82, 2.24) is 5.32 Å². The van der Waals surface area contributed by atoms with Gasteiger partial charge < -0.3 is 5.32 Å². The molecule has 0 heterocycles. The van der Waals surface area contributed by atoms with Crippen LogP contribution in [0.15, 0.2) is 18.2 Å². The van der Waals surface area contributed by atoms with Crippen molar-refractivity contribution in [2.24, 2.45) is 11.8 Å². The van der Waals surface area contributed by atoms with E-state index in [2.05, 4.69) is 12.2 Å². The van der Waals surface area contributed by atoms with Crippen molar-refractivity contribution < 1.29 is 4.39 Å². The Kier molecular flexibility index (Phi) is 4.41. The summed E-state index contributed by atoms with van der Waals surface area (Å²) in [6.07, 6.45) is 3.96. The number of benzene rings is 1. The van der Waals surface area contributed by atoms with Gasteiger partial charge in [0.15, 0.2) is 0 Å². The lowest BCUT2D eigenvalue weighted by Crippen LogP contribution is -2.24. The molecule has 2 unspecified atom stereocenters. The van der Waals surface area contributed by atoms with Crippen molar-refractivity contribution >= 4 is 11.6 Å². The summed E-state index contributed by atoms with van der Waals surface area (Å²) in [5.41, 5.74) is 0.656. The molecule has 17 heavy (non-hydrogen) atoms. The second kappa shape index (κ2) is 5.83. The Morgan fingerprint density at radius 3 is 2.94 bits per heavy atom. The topological polar surface area (TPSA) is 12.0 Å². The maximum absolute atomic E-state index is 13.4. The van der Waals surface area contributed by atoms with Gasteiger partial charge in [0, 0.05) is 17.1 Å². The largest absolute Gasteiger partial charge is 0.312 e. The molecular weight excluding hydrogens is 237 g/mol. The van der Waals surface area contributed by atoms with Gasteiger partial charge in [-0.25, -0.2) is 4.39 Å². The van der Waals surface area contributed by atoms with Gasteiger partial charge in [-0.05, 0) is 43.0 Å². The molecule has 1 aliphatic carbocycles. The van der Waals surface area contributed by atoms with Gasteiger partial charge in [-0.2, -0.15) is 0 Å². The van der Waals surface area contributed by atoms with Crippen molar-refractivity contribution in [3.63, 3.8) is 0 Å². The Balaban J connectivity index is 1.83. The molecule has 1 fully saturated rings. The highest BCUT2D eigenvalue weighted by atomic mass is 35.5. The van der Waals surface area contributed by atoms with Crippen molar-refractivity contribution in [3.05, 3.63) is 34.6 Å². The number of nitrogens with one attached hydrogen (secondary N) is 1. The molecule has 2 atom stereocenters. The minimum absolute atomic E-state index is 0.179. The third kappa shape index (κ3) is 3.43. The maximum Gasteiger partial charge on any atom is 0.127 e. The quantitative estimate of drug-likeness (QED) is 0.857. The average molecular weight is 256 g/mol. The molecular formula is C14H19ClFN. The molecule has 1 nitrogen and oxygen atoms in total. The molecule has 0 spiro atoms. The Morgan fingerprint density at radius 2 is 2.24 bits per heavy atom. The van der Waals surface area contributed by atoms with E-state index in [4.69, 9.17) is 11.6 Å².